The molecule has 1 aromatic rings. The molecule has 0 radical (unpaired) electrons. The first kappa shape index (κ1) is 19.4. The molecule has 0 aromatic heterocycles. The van der Waals surface area contributed by atoms with Crippen molar-refractivity contribution in [1.82, 2.24) is 4.90 Å². The van der Waals surface area contributed by atoms with E-state index in [0.29, 0.717) is 24.7 Å². The molecule has 0 spiro atoms. The largest absolute Gasteiger partial charge is 0.486 e. The Kier molecular flexibility index (Phi) is 6.16. The first-order valence-electron chi connectivity index (χ1n) is 8.34. The molecule has 0 saturated heterocycles. The minimum Gasteiger partial charge on any atom is -0.486 e. The molecule has 25 heavy (non-hydrogen) atoms. The molecule has 1 atom stereocenters. The molecule has 0 saturated carbocycles. The van der Waals surface area contributed by atoms with Crippen LogP contribution in [-0.4, -0.2) is 48.2 Å². The molecule has 1 aromatic carbocycles. The lowest BCUT2D eigenvalue weighted by Gasteiger charge is -2.32. The van der Waals surface area contributed by atoms with Crippen molar-refractivity contribution >= 4 is 23.5 Å². The lowest BCUT2D eigenvalue weighted by molar-refractivity contribution is -0.143. The van der Waals surface area contributed by atoms with Crippen LogP contribution in [0.1, 0.15) is 45.0 Å². The number of carbonyl (C=O) groups excluding carboxylic acids is 2. The zero-order valence-electron chi connectivity index (χ0n) is 15.2. The van der Waals surface area contributed by atoms with Gasteiger partial charge in [-0.3, -0.25) is 4.79 Å². The van der Waals surface area contributed by atoms with Crippen LogP contribution in [0.5, 0.6) is 11.5 Å². The molecule has 2 rings (SSSR count). The van der Waals surface area contributed by atoms with Crippen LogP contribution < -0.4 is 9.47 Å². The smallest absolute Gasteiger partial charge is 0.339 e. The number of esters is 1. The Morgan fingerprint density at radius 2 is 1.68 bits per heavy atom. The van der Waals surface area contributed by atoms with E-state index in [1.54, 1.807) is 11.8 Å². The van der Waals surface area contributed by atoms with Crippen LogP contribution in [0.25, 0.3) is 0 Å². The third kappa shape index (κ3) is 4.37. The standard InChI is InChI=1S/C18H24ClNO5/c1-10(2)20(11(3)4)17(21)12(5)25-18(22)13-8-14(19)16-15(9-13)23-6-7-24-16/h8-12H,6-7H2,1-5H3/t12-/m0/s1. The lowest BCUT2D eigenvalue weighted by atomic mass is 10.1. The number of fused-ring (bicyclic) bond motifs is 1. The monoisotopic (exact) mass is 369 g/mol. The zero-order valence-corrected chi connectivity index (χ0v) is 15.9. The summed E-state index contributed by atoms with van der Waals surface area (Å²) in [4.78, 5) is 26.7. The van der Waals surface area contributed by atoms with Gasteiger partial charge >= 0.3 is 5.97 Å². The first-order chi connectivity index (χ1) is 11.7. The summed E-state index contributed by atoms with van der Waals surface area (Å²) >= 11 is 6.14. The quantitative estimate of drug-likeness (QED) is 0.745. The van der Waals surface area contributed by atoms with Gasteiger partial charge in [0.15, 0.2) is 17.6 Å². The average Bonchev–Trinajstić information content (AvgIpc) is 2.53. The summed E-state index contributed by atoms with van der Waals surface area (Å²) in [5.74, 6) is -0.0516. The second-order valence-corrected chi connectivity index (χ2v) is 6.87. The van der Waals surface area contributed by atoms with Crippen LogP contribution in [-0.2, 0) is 9.53 Å². The summed E-state index contributed by atoms with van der Waals surface area (Å²) in [6.45, 7) is 10.1. The van der Waals surface area contributed by atoms with Gasteiger partial charge in [-0.25, -0.2) is 4.79 Å². The second kappa shape index (κ2) is 7.95. The number of carbonyl (C=O) groups is 2. The molecule has 6 nitrogen and oxygen atoms in total. The van der Waals surface area contributed by atoms with Crippen molar-refractivity contribution in [3.8, 4) is 11.5 Å². The van der Waals surface area contributed by atoms with Gasteiger partial charge < -0.3 is 19.1 Å². The first-order valence-corrected chi connectivity index (χ1v) is 8.72. The third-order valence-electron chi connectivity index (χ3n) is 3.83. The number of halogens is 1. The number of amides is 1. The van der Waals surface area contributed by atoms with Gasteiger partial charge in [-0.2, -0.15) is 0 Å². The van der Waals surface area contributed by atoms with E-state index < -0.39 is 12.1 Å². The molecular weight excluding hydrogens is 346 g/mol. The van der Waals surface area contributed by atoms with Crippen molar-refractivity contribution in [1.29, 1.82) is 0 Å². The Balaban J connectivity index is 2.13. The zero-order chi connectivity index (χ0) is 18.7. The summed E-state index contributed by atoms with van der Waals surface area (Å²) in [6.07, 6.45) is -0.899. The minimum absolute atomic E-state index is 0.0115. The van der Waals surface area contributed by atoms with E-state index in [-0.39, 0.29) is 28.6 Å². The van der Waals surface area contributed by atoms with E-state index in [1.165, 1.54) is 12.1 Å². The maximum Gasteiger partial charge on any atom is 0.339 e. The molecular formula is C18H24ClNO5. The molecule has 0 N–H and O–H groups in total. The fourth-order valence-corrected chi connectivity index (χ4v) is 3.09. The molecule has 0 unspecified atom stereocenters. The highest BCUT2D eigenvalue weighted by molar-refractivity contribution is 6.32. The molecule has 0 bridgehead atoms. The minimum atomic E-state index is -0.899. The van der Waals surface area contributed by atoms with Gasteiger partial charge in [-0.05, 0) is 46.8 Å². The number of ether oxygens (including phenoxy) is 3. The summed E-state index contributed by atoms with van der Waals surface area (Å²) in [5, 5.41) is 0.272. The van der Waals surface area contributed by atoms with Crippen molar-refractivity contribution in [2.24, 2.45) is 0 Å². The van der Waals surface area contributed by atoms with Crippen LogP contribution >= 0.6 is 11.6 Å². The summed E-state index contributed by atoms with van der Waals surface area (Å²) in [6, 6.07) is 2.99. The van der Waals surface area contributed by atoms with E-state index in [9.17, 15) is 9.59 Å². The number of rotatable bonds is 5. The van der Waals surface area contributed by atoms with Crippen molar-refractivity contribution in [2.45, 2.75) is 52.8 Å². The van der Waals surface area contributed by atoms with Crippen molar-refractivity contribution in [3.05, 3.63) is 22.7 Å². The lowest BCUT2D eigenvalue weighted by Crippen LogP contribution is -2.47. The maximum absolute atomic E-state index is 12.6. The molecule has 1 aliphatic rings. The van der Waals surface area contributed by atoms with Gasteiger partial charge in [-0.15, -0.1) is 0 Å². The molecule has 1 heterocycles. The van der Waals surface area contributed by atoms with Gasteiger partial charge in [0.1, 0.15) is 13.2 Å². The van der Waals surface area contributed by atoms with E-state index in [2.05, 4.69) is 0 Å². The summed E-state index contributed by atoms with van der Waals surface area (Å²) in [7, 11) is 0. The van der Waals surface area contributed by atoms with Gasteiger partial charge in [0.05, 0.1) is 10.6 Å². The Morgan fingerprint density at radius 1 is 1.08 bits per heavy atom. The average molecular weight is 370 g/mol. The highest BCUT2D eigenvalue weighted by Crippen LogP contribution is 2.38. The van der Waals surface area contributed by atoms with E-state index >= 15 is 0 Å². The number of nitrogens with zero attached hydrogens (tertiary/aromatic N) is 1. The fourth-order valence-electron chi connectivity index (χ4n) is 2.82. The molecule has 7 heteroatoms. The van der Waals surface area contributed by atoms with Crippen LogP contribution in [0.4, 0.5) is 0 Å². The highest BCUT2D eigenvalue weighted by Gasteiger charge is 2.28. The molecule has 0 aliphatic carbocycles. The van der Waals surface area contributed by atoms with E-state index in [1.807, 2.05) is 27.7 Å². The summed E-state index contributed by atoms with van der Waals surface area (Å²) < 4.78 is 16.2. The topological polar surface area (TPSA) is 65.1 Å². The molecule has 138 valence electrons. The number of hydrogen-bond acceptors (Lipinski definition) is 5. The van der Waals surface area contributed by atoms with Gasteiger partial charge in [0.2, 0.25) is 0 Å². The molecule has 0 fully saturated rings. The van der Waals surface area contributed by atoms with Crippen LogP contribution in [0.3, 0.4) is 0 Å². The predicted octanol–water partition coefficient (Wildman–Crippen LogP) is 3.30. The van der Waals surface area contributed by atoms with Crippen molar-refractivity contribution in [3.63, 3.8) is 0 Å². The van der Waals surface area contributed by atoms with Crippen LogP contribution in [0.15, 0.2) is 12.1 Å². The third-order valence-corrected chi connectivity index (χ3v) is 4.11. The fraction of sp³-hybridized carbons (Fsp3) is 0.556. The Labute approximate surface area is 153 Å². The van der Waals surface area contributed by atoms with Gasteiger partial charge in [0.25, 0.3) is 5.91 Å². The predicted molar refractivity (Wildman–Crippen MR) is 94.4 cm³/mol. The molecule has 1 aliphatic heterocycles. The molecule has 1 amide bonds. The Bertz CT molecular complexity index is 651. The number of benzene rings is 1. The Morgan fingerprint density at radius 3 is 2.28 bits per heavy atom. The van der Waals surface area contributed by atoms with E-state index in [0.717, 1.165) is 0 Å². The maximum atomic E-state index is 12.6. The van der Waals surface area contributed by atoms with Gasteiger partial charge in [0, 0.05) is 12.1 Å². The van der Waals surface area contributed by atoms with Crippen molar-refractivity contribution in [2.75, 3.05) is 13.2 Å². The van der Waals surface area contributed by atoms with E-state index in [4.69, 9.17) is 25.8 Å². The van der Waals surface area contributed by atoms with Crippen molar-refractivity contribution < 1.29 is 23.8 Å². The number of hydrogen-bond donors (Lipinski definition) is 0. The van der Waals surface area contributed by atoms with Gasteiger partial charge in [-0.1, -0.05) is 11.6 Å². The Hall–Kier alpha value is -1.95. The van der Waals surface area contributed by atoms with Crippen LogP contribution in [0.2, 0.25) is 5.02 Å². The SMILES string of the molecule is CC(C)N(C(=O)[C@H](C)OC(=O)c1cc(Cl)c2c(c1)OCCO2)C(C)C. The summed E-state index contributed by atoms with van der Waals surface area (Å²) in [5.41, 5.74) is 0.217. The van der Waals surface area contributed by atoms with Crippen LogP contribution in [0, 0.1) is 0 Å². The normalized spacial score (nSPS) is 14.4. The second-order valence-electron chi connectivity index (χ2n) is 6.46. The highest BCUT2D eigenvalue weighted by atomic mass is 35.5.